The van der Waals surface area contributed by atoms with Gasteiger partial charge in [-0.05, 0) is 118 Å². The highest BCUT2D eigenvalue weighted by Gasteiger charge is 2.46. The average Bonchev–Trinajstić information content (AvgIpc) is 4.04. The molecule has 0 fully saturated rings. The normalized spacial score (nSPS) is 12.7. The lowest BCUT2D eigenvalue weighted by molar-refractivity contribution is 0.668. The third-order valence-electron chi connectivity index (χ3n) is 13.3. The Morgan fingerprint density at radius 3 is 1.54 bits per heavy atom. The van der Waals surface area contributed by atoms with Gasteiger partial charge in [-0.1, -0.05) is 158 Å². The second kappa shape index (κ2) is 14.8. The Labute approximate surface area is 376 Å². The first-order chi connectivity index (χ1) is 32.2. The summed E-state index contributed by atoms with van der Waals surface area (Å²) in [4.78, 5) is 4.75. The summed E-state index contributed by atoms with van der Waals surface area (Å²) in [5, 5.41) is 4.31. The molecule has 12 aromatic rings. The molecule has 0 aliphatic heterocycles. The Kier molecular flexibility index (Phi) is 8.40. The SMILES string of the molecule is c1ccc(N(c2cccc(N(c3cccc(C4(c5ccccc5)c5ccccc5-c5ccccc54)c3)c3cccc4oc5ccccc5c34)c2)c2ccc3oc4ccccc4c3c2)cc1. The van der Waals surface area contributed by atoms with Crippen LogP contribution in [0.1, 0.15) is 22.3 Å². The van der Waals surface area contributed by atoms with Gasteiger partial charge in [-0.25, -0.2) is 0 Å². The minimum absolute atomic E-state index is 0.563. The molecular weight excluding hydrogens is 793 g/mol. The Balaban J connectivity index is 1.06. The Bertz CT molecular complexity index is 3710. The standard InChI is InChI=1S/C61H40N2O2/c1-3-18-41(19-4-1)61(53-30-11-7-26-48(53)49-27-8-12-31-54(49)61)42-20-15-23-44(38-42)63(55-32-17-35-59-60(55)51-29-10-14-34-57(51)65-59)46-25-16-24-45(39-46)62(43-21-5-2-6-22-43)47-36-37-58-52(40-47)50-28-9-13-33-56(50)64-58/h1-40H. The fourth-order valence-corrected chi connectivity index (χ4v) is 10.6. The number of nitrogens with zero attached hydrogens (tertiary/aromatic N) is 2. The molecule has 0 radical (unpaired) electrons. The molecule has 4 heteroatoms. The Hall–Kier alpha value is -8.60. The molecule has 0 saturated heterocycles. The Morgan fingerprint density at radius 2 is 0.785 bits per heavy atom. The van der Waals surface area contributed by atoms with Gasteiger partial charge in [0.15, 0.2) is 0 Å². The number of para-hydroxylation sites is 3. The highest BCUT2D eigenvalue weighted by Crippen LogP contribution is 2.57. The van der Waals surface area contributed by atoms with Crippen molar-refractivity contribution < 1.29 is 8.83 Å². The monoisotopic (exact) mass is 832 g/mol. The summed E-state index contributed by atoms with van der Waals surface area (Å²) >= 11 is 0. The van der Waals surface area contributed by atoms with Crippen LogP contribution in [0.2, 0.25) is 0 Å². The van der Waals surface area contributed by atoms with E-state index < -0.39 is 5.41 Å². The fourth-order valence-electron chi connectivity index (χ4n) is 10.6. The van der Waals surface area contributed by atoms with Crippen LogP contribution in [-0.4, -0.2) is 0 Å². The van der Waals surface area contributed by atoms with E-state index in [0.717, 1.165) is 78.0 Å². The third kappa shape index (κ3) is 5.71. The fraction of sp³-hybridized carbons (Fsp3) is 0.0164. The van der Waals surface area contributed by atoms with Crippen molar-refractivity contribution in [2.75, 3.05) is 9.80 Å². The van der Waals surface area contributed by atoms with Gasteiger partial charge in [-0.3, -0.25) is 0 Å². The second-order valence-corrected chi connectivity index (χ2v) is 16.8. The number of anilines is 6. The number of benzene rings is 10. The van der Waals surface area contributed by atoms with Crippen molar-refractivity contribution in [3.8, 4) is 11.1 Å². The van der Waals surface area contributed by atoms with Crippen molar-refractivity contribution >= 4 is 78.0 Å². The van der Waals surface area contributed by atoms with Gasteiger partial charge in [0.2, 0.25) is 0 Å². The minimum Gasteiger partial charge on any atom is -0.456 e. The van der Waals surface area contributed by atoms with Crippen LogP contribution in [-0.2, 0) is 5.41 Å². The molecule has 306 valence electrons. The predicted molar refractivity (Wildman–Crippen MR) is 268 cm³/mol. The first-order valence-corrected chi connectivity index (χ1v) is 22.2. The predicted octanol–water partition coefficient (Wildman–Crippen LogP) is 16.8. The van der Waals surface area contributed by atoms with Gasteiger partial charge in [-0.2, -0.15) is 0 Å². The lowest BCUT2D eigenvalue weighted by atomic mass is 9.67. The molecule has 13 rings (SSSR count). The second-order valence-electron chi connectivity index (χ2n) is 16.8. The summed E-state index contributed by atoms with van der Waals surface area (Å²) in [7, 11) is 0. The molecule has 2 aromatic heterocycles. The van der Waals surface area contributed by atoms with Crippen LogP contribution in [0.5, 0.6) is 0 Å². The van der Waals surface area contributed by atoms with Crippen LogP contribution in [0.25, 0.3) is 55.0 Å². The van der Waals surface area contributed by atoms with E-state index in [0.29, 0.717) is 0 Å². The smallest absolute Gasteiger partial charge is 0.137 e. The van der Waals surface area contributed by atoms with Crippen molar-refractivity contribution in [3.63, 3.8) is 0 Å². The summed E-state index contributed by atoms with van der Waals surface area (Å²) in [5.74, 6) is 0. The number of hydrogen-bond acceptors (Lipinski definition) is 4. The maximum absolute atomic E-state index is 6.57. The van der Waals surface area contributed by atoms with E-state index in [9.17, 15) is 0 Å². The maximum atomic E-state index is 6.57. The van der Waals surface area contributed by atoms with Crippen LogP contribution in [0.15, 0.2) is 251 Å². The summed E-state index contributed by atoms with van der Waals surface area (Å²) in [5.41, 5.74) is 16.6. The van der Waals surface area contributed by atoms with E-state index in [4.69, 9.17) is 8.83 Å². The van der Waals surface area contributed by atoms with E-state index in [1.165, 1.54) is 33.4 Å². The largest absolute Gasteiger partial charge is 0.456 e. The van der Waals surface area contributed by atoms with Crippen molar-refractivity contribution in [2.24, 2.45) is 0 Å². The summed E-state index contributed by atoms with van der Waals surface area (Å²) in [6.45, 7) is 0. The van der Waals surface area contributed by atoms with Crippen molar-refractivity contribution in [1.29, 1.82) is 0 Å². The van der Waals surface area contributed by atoms with Crippen molar-refractivity contribution in [2.45, 2.75) is 5.41 Å². The maximum Gasteiger partial charge on any atom is 0.137 e. The van der Waals surface area contributed by atoms with E-state index in [1.54, 1.807) is 0 Å². The van der Waals surface area contributed by atoms with Gasteiger partial charge < -0.3 is 18.6 Å². The number of rotatable bonds is 8. The molecule has 1 aliphatic carbocycles. The summed E-state index contributed by atoms with van der Waals surface area (Å²) in [6, 6.07) is 87.1. The molecule has 2 heterocycles. The molecule has 4 nitrogen and oxygen atoms in total. The Morgan fingerprint density at radius 1 is 0.292 bits per heavy atom. The first-order valence-electron chi connectivity index (χ1n) is 22.2. The molecule has 0 amide bonds. The van der Waals surface area contributed by atoms with Crippen molar-refractivity contribution in [3.05, 3.63) is 265 Å². The molecule has 0 N–H and O–H groups in total. The zero-order valence-corrected chi connectivity index (χ0v) is 35.3. The lowest BCUT2D eigenvalue weighted by Crippen LogP contribution is -2.28. The van der Waals surface area contributed by atoms with Crippen LogP contribution < -0.4 is 9.80 Å². The number of fused-ring (bicyclic) bond motifs is 9. The molecule has 10 aromatic carbocycles. The van der Waals surface area contributed by atoms with Crippen LogP contribution in [0, 0.1) is 0 Å². The third-order valence-corrected chi connectivity index (χ3v) is 13.3. The highest BCUT2D eigenvalue weighted by molar-refractivity contribution is 6.13. The van der Waals surface area contributed by atoms with Gasteiger partial charge in [0.1, 0.15) is 22.3 Å². The van der Waals surface area contributed by atoms with Crippen LogP contribution >= 0.6 is 0 Å². The van der Waals surface area contributed by atoms with Gasteiger partial charge in [0, 0.05) is 44.6 Å². The molecule has 0 saturated carbocycles. The zero-order chi connectivity index (χ0) is 42.9. The molecule has 0 spiro atoms. The average molecular weight is 833 g/mol. The van der Waals surface area contributed by atoms with E-state index in [1.807, 2.05) is 18.2 Å². The van der Waals surface area contributed by atoms with Crippen LogP contribution in [0.3, 0.4) is 0 Å². The lowest BCUT2D eigenvalue weighted by Gasteiger charge is -2.35. The van der Waals surface area contributed by atoms with Gasteiger partial charge in [0.05, 0.1) is 16.5 Å². The highest BCUT2D eigenvalue weighted by atomic mass is 16.3. The van der Waals surface area contributed by atoms with Gasteiger partial charge in [0.25, 0.3) is 0 Å². The first kappa shape index (κ1) is 37.0. The number of hydrogen-bond donors (Lipinski definition) is 0. The van der Waals surface area contributed by atoms with E-state index >= 15 is 0 Å². The van der Waals surface area contributed by atoms with Crippen LogP contribution in [0.4, 0.5) is 34.1 Å². The quantitative estimate of drug-likeness (QED) is 0.153. The van der Waals surface area contributed by atoms with E-state index in [2.05, 4.69) is 234 Å². The van der Waals surface area contributed by atoms with Gasteiger partial charge in [-0.15, -0.1) is 0 Å². The topological polar surface area (TPSA) is 32.8 Å². The summed E-state index contributed by atoms with van der Waals surface area (Å²) in [6.07, 6.45) is 0. The minimum atomic E-state index is -0.563. The number of furan rings is 2. The molecule has 1 aliphatic rings. The van der Waals surface area contributed by atoms with E-state index in [-0.39, 0.29) is 0 Å². The zero-order valence-electron chi connectivity index (χ0n) is 35.3. The molecular formula is C61H40N2O2. The molecule has 0 bridgehead atoms. The van der Waals surface area contributed by atoms with Gasteiger partial charge >= 0.3 is 0 Å². The molecule has 0 atom stereocenters. The summed E-state index contributed by atoms with van der Waals surface area (Å²) < 4.78 is 12.9. The van der Waals surface area contributed by atoms with Crippen molar-refractivity contribution in [1.82, 2.24) is 0 Å². The molecule has 0 unspecified atom stereocenters. The molecule has 65 heavy (non-hydrogen) atoms.